The zero-order valence-corrected chi connectivity index (χ0v) is 10.8. The molecule has 0 aliphatic heterocycles. The van der Waals surface area contributed by atoms with Crippen LogP contribution in [-0.4, -0.2) is 19.2 Å². The summed E-state index contributed by atoms with van der Waals surface area (Å²) in [5, 5.41) is 0. The second kappa shape index (κ2) is 5.46. The molecular formula is C9H13BrN2O2S. The van der Waals surface area contributed by atoms with Crippen LogP contribution in [0.5, 0.6) is 0 Å². The summed E-state index contributed by atoms with van der Waals surface area (Å²) in [6, 6.07) is 3.47. The van der Waals surface area contributed by atoms with Crippen molar-refractivity contribution in [2.24, 2.45) is 0 Å². The van der Waals surface area contributed by atoms with Crippen LogP contribution in [0.2, 0.25) is 0 Å². The third-order valence-electron chi connectivity index (χ3n) is 1.78. The Bertz CT molecular complexity index is 420. The summed E-state index contributed by atoms with van der Waals surface area (Å²) in [6.07, 6.45) is 3.05. The lowest BCUT2D eigenvalue weighted by atomic mass is 10.4. The highest BCUT2D eigenvalue weighted by Crippen LogP contribution is 2.19. The van der Waals surface area contributed by atoms with Crippen LogP contribution in [0.15, 0.2) is 22.8 Å². The Labute approximate surface area is 98.3 Å². The molecular weight excluding hydrogens is 280 g/mol. The quantitative estimate of drug-likeness (QED) is 0.906. The maximum absolute atomic E-state index is 11.5. The highest BCUT2D eigenvalue weighted by atomic mass is 79.9. The van der Waals surface area contributed by atoms with E-state index in [0.29, 0.717) is 16.7 Å². The summed E-state index contributed by atoms with van der Waals surface area (Å²) >= 11 is 3.23. The molecule has 0 unspecified atom stereocenters. The molecule has 0 fully saturated rings. The fourth-order valence-corrected chi connectivity index (χ4v) is 2.71. The van der Waals surface area contributed by atoms with Crippen LogP contribution in [0.4, 0.5) is 5.82 Å². The molecule has 0 aromatic carbocycles. The normalized spacial score (nSPS) is 11.3. The summed E-state index contributed by atoms with van der Waals surface area (Å²) in [4.78, 5) is 3.93. The minimum Gasteiger partial charge on any atom is -0.266 e. The lowest BCUT2D eigenvalue weighted by molar-refractivity contribution is 0.597. The van der Waals surface area contributed by atoms with Crippen molar-refractivity contribution in [2.75, 3.05) is 10.5 Å². The molecule has 0 aliphatic carbocycles. The maximum atomic E-state index is 11.5. The second-order valence-electron chi connectivity index (χ2n) is 3.11. The zero-order chi connectivity index (χ0) is 11.3. The number of pyridine rings is 1. The number of sulfonamides is 1. The van der Waals surface area contributed by atoms with Crippen LogP contribution in [0.3, 0.4) is 0 Å². The van der Waals surface area contributed by atoms with Crippen molar-refractivity contribution >= 4 is 31.8 Å². The van der Waals surface area contributed by atoms with Gasteiger partial charge in [0.25, 0.3) is 0 Å². The smallest absolute Gasteiger partial charge is 0.233 e. The second-order valence-corrected chi connectivity index (χ2v) is 5.80. The number of halogens is 1. The fraction of sp³-hybridized carbons (Fsp3) is 0.444. The van der Waals surface area contributed by atoms with Gasteiger partial charge in [0.15, 0.2) is 5.82 Å². The number of nitrogens with one attached hydrogen (secondary N) is 1. The Balaban J connectivity index is 2.74. The Kier molecular flexibility index (Phi) is 4.53. The lowest BCUT2D eigenvalue weighted by Gasteiger charge is -2.07. The van der Waals surface area contributed by atoms with E-state index in [1.54, 1.807) is 18.3 Å². The number of anilines is 1. The molecule has 0 spiro atoms. The van der Waals surface area contributed by atoms with E-state index in [2.05, 4.69) is 25.6 Å². The Morgan fingerprint density at radius 2 is 2.27 bits per heavy atom. The molecule has 0 atom stereocenters. The largest absolute Gasteiger partial charge is 0.266 e. The van der Waals surface area contributed by atoms with Crippen LogP contribution < -0.4 is 4.72 Å². The van der Waals surface area contributed by atoms with Crippen molar-refractivity contribution in [3.63, 3.8) is 0 Å². The number of rotatable bonds is 5. The molecule has 1 aromatic rings. The molecule has 1 heterocycles. The van der Waals surface area contributed by atoms with Gasteiger partial charge in [0.1, 0.15) is 0 Å². The number of unbranched alkanes of at least 4 members (excludes halogenated alkanes) is 1. The molecule has 1 aromatic heterocycles. The molecule has 0 aliphatic rings. The topological polar surface area (TPSA) is 59.1 Å². The summed E-state index contributed by atoms with van der Waals surface area (Å²) in [5.74, 6) is 0.473. The summed E-state index contributed by atoms with van der Waals surface area (Å²) < 4.78 is 26.2. The van der Waals surface area contributed by atoms with E-state index in [-0.39, 0.29) is 5.75 Å². The van der Waals surface area contributed by atoms with Crippen LogP contribution in [-0.2, 0) is 10.0 Å². The van der Waals surface area contributed by atoms with E-state index in [4.69, 9.17) is 0 Å². The van der Waals surface area contributed by atoms with E-state index >= 15 is 0 Å². The van der Waals surface area contributed by atoms with Crippen molar-refractivity contribution in [2.45, 2.75) is 19.8 Å². The number of hydrogen-bond donors (Lipinski definition) is 1. The van der Waals surface area contributed by atoms with Gasteiger partial charge in [0, 0.05) is 6.20 Å². The van der Waals surface area contributed by atoms with Gasteiger partial charge in [-0.05, 0) is 34.5 Å². The minimum atomic E-state index is -3.26. The zero-order valence-electron chi connectivity index (χ0n) is 8.40. The van der Waals surface area contributed by atoms with E-state index in [0.717, 1.165) is 6.42 Å². The average molecular weight is 293 g/mol. The summed E-state index contributed by atoms with van der Waals surface area (Å²) in [5.41, 5.74) is 0. The minimum absolute atomic E-state index is 0.131. The Morgan fingerprint density at radius 1 is 1.53 bits per heavy atom. The van der Waals surface area contributed by atoms with E-state index in [9.17, 15) is 8.42 Å². The molecule has 0 bridgehead atoms. The predicted molar refractivity (Wildman–Crippen MR) is 64.3 cm³/mol. The Hall–Kier alpha value is -0.620. The van der Waals surface area contributed by atoms with Crippen molar-refractivity contribution < 1.29 is 8.42 Å². The van der Waals surface area contributed by atoms with Gasteiger partial charge in [-0.15, -0.1) is 0 Å². The summed E-state index contributed by atoms with van der Waals surface area (Å²) in [7, 11) is -3.26. The van der Waals surface area contributed by atoms with Crippen molar-refractivity contribution in [3.05, 3.63) is 22.8 Å². The highest BCUT2D eigenvalue weighted by molar-refractivity contribution is 9.10. The molecule has 0 saturated heterocycles. The molecule has 6 heteroatoms. The van der Waals surface area contributed by atoms with Crippen LogP contribution in [0.25, 0.3) is 0 Å². The molecule has 1 rings (SSSR count). The van der Waals surface area contributed by atoms with E-state index in [1.165, 1.54) is 0 Å². The molecule has 1 N–H and O–H groups in total. The number of nitrogens with zero attached hydrogens (tertiary/aromatic N) is 1. The number of hydrogen-bond acceptors (Lipinski definition) is 3. The summed E-state index contributed by atoms with van der Waals surface area (Å²) in [6.45, 7) is 1.95. The third-order valence-corrected chi connectivity index (χ3v) is 3.75. The first-order chi connectivity index (χ1) is 7.05. The van der Waals surface area contributed by atoms with Crippen LogP contribution in [0.1, 0.15) is 19.8 Å². The maximum Gasteiger partial charge on any atom is 0.233 e. The van der Waals surface area contributed by atoms with Gasteiger partial charge in [0.05, 0.1) is 10.2 Å². The Morgan fingerprint density at radius 3 is 2.87 bits per heavy atom. The van der Waals surface area contributed by atoms with Crippen molar-refractivity contribution in [1.82, 2.24) is 4.98 Å². The van der Waals surface area contributed by atoms with Crippen molar-refractivity contribution in [1.29, 1.82) is 0 Å². The van der Waals surface area contributed by atoms with Gasteiger partial charge in [-0.25, -0.2) is 13.4 Å². The van der Waals surface area contributed by atoms with E-state index < -0.39 is 10.0 Å². The van der Waals surface area contributed by atoms with Gasteiger partial charge < -0.3 is 0 Å². The molecule has 15 heavy (non-hydrogen) atoms. The molecule has 0 amide bonds. The molecule has 0 saturated carbocycles. The van der Waals surface area contributed by atoms with Gasteiger partial charge in [-0.3, -0.25) is 4.72 Å². The van der Waals surface area contributed by atoms with Crippen molar-refractivity contribution in [3.8, 4) is 0 Å². The monoisotopic (exact) mass is 292 g/mol. The van der Waals surface area contributed by atoms with Gasteiger partial charge in [0.2, 0.25) is 10.0 Å². The molecule has 0 radical (unpaired) electrons. The SMILES string of the molecule is CCCCS(=O)(=O)Nc1ncccc1Br. The fourth-order valence-electron chi connectivity index (χ4n) is 0.993. The first-order valence-electron chi connectivity index (χ1n) is 4.66. The van der Waals surface area contributed by atoms with Gasteiger partial charge >= 0.3 is 0 Å². The third kappa shape index (κ3) is 4.17. The lowest BCUT2D eigenvalue weighted by Crippen LogP contribution is -2.17. The number of aromatic nitrogens is 1. The van der Waals surface area contributed by atoms with E-state index in [1.807, 2.05) is 6.92 Å². The molecule has 84 valence electrons. The molecule has 4 nitrogen and oxygen atoms in total. The first-order valence-corrected chi connectivity index (χ1v) is 7.10. The van der Waals surface area contributed by atoms with Gasteiger partial charge in [-0.1, -0.05) is 13.3 Å². The predicted octanol–water partition coefficient (Wildman–Crippen LogP) is 2.39. The van der Waals surface area contributed by atoms with Crippen LogP contribution >= 0.6 is 15.9 Å². The first kappa shape index (κ1) is 12.4. The standard InChI is InChI=1S/C9H13BrN2O2S/c1-2-3-7-15(13,14)12-9-8(10)5-4-6-11-9/h4-6H,2-3,7H2,1H3,(H,11,12). The van der Waals surface area contributed by atoms with Gasteiger partial charge in [-0.2, -0.15) is 0 Å². The highest BCUT2D eigenvalue weighted by Gasteiger charge is 2.11. The average Bonchev–Trinajstić information content (AvgIpc) is 2.18. The van der Waals surface area contributed by atoms with Crippen LogP contribution in [0, 0.1) is 0 Å².